The summed E-state index contributed by atoms with van der Waals surface area (Å²) in [6, 6.07) is 5.64. The number of aliphatic hydroxyl groups excluding tert-OH is 2. The number of aromatic nitrogens is 1. The molecule has 0 bridgehead atoms. The Balaban J connectivity index is 2.50. The molecule has 1 heterocycles. The molecule has 2 rings (SSSR count). The van der Waals surface area contributed by atoms with Gasteiger partial charge in [0, 0.05) is 16.8 Å². The van der Waals surface area contributed by atoms with Gasteiger partial charge in [-0.1, -0.05) is 0 Å². The van der Waals surface area contributed by atoms with Crippen molar-refractivity contribution in [2.75, 3.05) is 18.5 Å². The number of aryl methyl sites for hydroxylation is 1. The molecule has 96 valence electrons. The van der Waals surface area contributed by atoms with E-state index in [4.69, 9.17) is 10.2 Å². The second-order valence-electron chi connectivity index (χ2n) is 4.18. The molecular weight excluding hydrogens is 235 g/mol. The van der Waals surface area contributed by atoms with Crippen molar-refractivity contribution < 1.29 is 14.6 Å². The molecule has 5 heteroatoms. The van der Waals surface area contributed by atoms with E-state index in [2.05, 4.69) is 10.3 Å². The van der Waals surface area contributed by atoms with Crippen molar-refractivity contribution >= 4 is 16.6 Å². The van der Waals surface area contributed by atoms with Crippen LogP contribution in [0.3, 0.4) is 0 Å². The minimum absolute atomic E-state index is 0.200. The molecule has 0 aliphatic carbocycles. The van der Waals surface area contributed by atoms with Crippen molar-refractivity contribution in [1.82, 2.24) is 4.98 Å². The molecule has 4 nitrogen and oxygen atoms in total. The third-order valence-corrected chi connectivity index (χ3v) is 2.70. The molecule has 0 spiro atoms. The van der Waals surface area contributed by atoms with E-state index >= 15 is 0 Å². The molecule has 0 aliphatic heterocycles. The van der Waals surface area contributed by atoms with Gasteiger partial charge in [-0.05, 0) is 31.2 Å². The predicted molar refractivity (Wildman–Crippen MR) is 68.0 cm³/mol. The summed E-state index contributed by atoms with van der Waals surface area (Å²) in [7, 11) is 0. The fourth-order valence-corrected chi connectivity index (χ4v) is 1.82. The van der Waals surface area contributed by atoms with E-state index in [1.54, 1.807) is 12.1 Å². The minimum Gasteiger partial charge on any atom is -0.394 e. The van der Waals surface area contributed by atoms with Crippen molar-refractivity contribution in [3.63, 3.8) is 0 Å². The van der Waals surface area contributed by atoms with Crippen LogP contribution < -0.4 is 5.32 Å². The number of rotatable bonds is 4. The fraction of sp³-hybridized carbons (Fsp3) is 0.308. The maximum absolute atomic E-state index is 13.3. The monoisotopic (exact) mass is 250 g/mol. The van der Waals surface area contributed by atoms with Crippen molar-refractivity contribution in [2.45, 2.75) is 13.0 Å². The van der Waals surface area contributed by atoms with Crippen LogP contribution in [0.5, 0.6) is 0 Å². The Kier molecular flexibility index (Phi) is 3.74. The summed E-state index contributed by atoms with van der Waals surface area (Å²) in [5.74, 6) is -0.347. The van der Waals surface area contributed by atoms with E-state index in [0.717, 1.165) is 5.69 Å². The highest BCUT2D eigenvalue weighted by molar-refractivity contribution is 5.91. The van der Waals surface area contributed by atoms with Gasteiger partial charge in [-0.15, -0.1) is 0 Å². The van der Waals surface area contributed by atoms with Crippen molar-refractivity contribution in [1.29, 1.82) is 0 Å². The Hall–Kier alpha value is -1.72. The van der Waals surface area contributed by atoms with Crippen molar-refractivity contribution in [2.24, 2.45) is 0 Å². The quantitative estimate of drug-likeness (QED) is 0.768. The standard InChI is InChI=1S/C13H15FN2O2/c1-8-4-13(16-10(6-17)7-18)11-5-9(14)2-3-12(11)15-8/h2-5,10,17-18H,6-7H2,1H3,(H,15,16). The summed E-state index contributed by atoms with van der Waals surface area (Å²) in [6.07, 6.45) is 0. The van der Waals surface area contributed by atoms with E-state index in [1.807, 2.05) is 6.92 Å². The number of halogens is 1. The lowest BCUT2D eigenvalue weighted by atomic mass is 10.1. The van der Waals surface area contributed by atoms with Gasteiger partial charge in [0.1, 0.15) is 5.82 Å². The third-order valence-electron chi connectivity index (χ3n) is 2.70. The second kappa shape index (κ2) is 5.29. The van der Waals surface area contributed by atoms with Crippen LogP contribution in [0.2, 0.25) is 0 Å². The van der Waals surface area contributed by atoms with Crippen LogP contribution in [-0.2, 0) is 0 Å². The first kappa shape index (κ1) is 12.7. The first-order valence-electron chi connectivity index (χ1n) is 5.69. The SMILES string of the molecule is Cc1cc(NC(CO)CO)c2cc(F)ccc2n1. The van der Waals surface area contributed by atoms with Crippen LogP contribution in [0, 0.1) is 12.7 Å². The zero-order valence-electron chi connectivity index (χ0n) is 10.0. The minimum atomic E-state index is -0.474. The molecule has 1 aromatic carbocycles. The maximum Gasteiger partial charge on any atom is 0.124 e. The molecule has 3 N–H and O–H groups in total. The molecule has 0 amide bonds. The molecule has 1 aromatic heterocycles. The number of nitrogens with one attached hydrogen (secondary N) is 1. The first-order valence-corrected chi connectivity index (χ1v) is 5.69. The Morgan fingerprint density at radius 3 is 2.67 bits per heavy atom. The smallest absolute Gasteiger partial charge is 0.124 e. The first-order chi connectivity index (χ1) is 8.63. The van der Waals surface area contributed by atoms with Gasteiger partial charge in [0.2, 0.25) is 0 Å². The highest BCUT2D eigenvalue weighted by atomic mass is 19.1. The molecule has 2 aromatic rings. The molecule has 18 heavy (non-hydrogen) atoms. The number of pyridine rings is 1. The molecule has 0 fully saturated rings. The normalized spacial score (nSPS) is 11.2. The number of hydrogen-bond acceptors (Lipinski definition) is 4. The van der Waals surface area contributed by atoms with Gasteiger partial charge in [-0.3, -0.25) is 4.98 Å². The van der Waals surface area contributed by atoms with Crippen LogP contribution in [0.15, 0.2) is 24.3 Å². The molecule has 0 unspecified atom stereocenters. The van der Waals surface area contributed by atoms with Gasteiger partial charge < -0.3 is 15.5 Å². The average molecular weight is 250 g/mol. The van der Waals surface area contributed by atoms with Crippen LogP contribution >= 0.6 is 0 Å². The van der Waals surface area contributed by atoms with Gasteiger partial charge in [0.25, 0.3) is 0 Å². The predicted octanol–water partition coefficient (Wildman–Crippen LogP) is 1.45. The Morgan fingerprint density at radius 1 is 1.28 bits per heavy atom. The van der Waals surface area contributed by atoms with Crippen LogP contribution in [0.25, 0.3) is 10.9 Å². The van der Waals surface area contributed by atoms with Gasteiger partial charge in [0.15, 0.2) is 0 Å². The van der Waals surface area contributed by atoms with E-state index in [-0.39, 0.29) is 19.0 Å². The van der Waals surface area contributed by atoms with Gasteiger partial charge in [-0.2, -0.15) is 0 Å². The fourth-order valence-electron chi connectivity index (χ4n) is 1.82. The average Bonchev–Trinajstić information content (AvgIpc) is 2.36. The molecule has 0 saturated carbocycles. The van der Waals surface area contributed by atoms with E-state index < -0.39 is 6.04 Å². The third kappa shape index (κ3) is 2.57. The zero-order valence-corrected chi connectivity index (χ0v) is 10.0. The lowest BCUT2D eigenvalue weighted by Crippen LogP contribution is -2.27. The van der Waals surface area contributed by atoms with E-state index in [0.29, 0.717) is 16.6 Å². The number of benzene rings is 1. The van der Waals surface area contributed by atoms with Crippen molar-refractivity contribution in [3.8, 4) is 0 Å². The Morgan fingerprint density at radius 2 is 2.00 bits per heavy atom. The number of aliphatic hydroxyl groups is 2. The Labute approximate surface area is 104 Å². The highest BCUT2D eigenvalue weighted by Crippen LogP contribution is 2.24. The molecule has 0 aliphatic rings. The summed E-state index contributed by atoms with van der Waals surface area (Å²) < 4.78 is 13.3. The lowest BCUT2D eigenvalue weighted by molar-refractivity contribution is 0.204. The summed E-state index contributed by atoms with van der Waals surface area (Å²) >= 11 is 0. The van der Waals surface area contributed by atoms with E-state index in [9.17, 15) is 4.39 Å². The van der Waals surface area contributed by atoms with Gasteiger partial charge in [0.05, 0.1) is 24.8 Å². The van der Waals surface area contributed by atoms with Crippen LogP contribution in [-0.4, -0.2) is 34.5 Å². The number of nitrogens with zero attached hydrogens (tertiary/aromatic N) is 1. The maximum atomic E-state index is 13.3. The van der Waals surface area contributed by atoms with E-state index in [1.165, 1.54) is 12.1 Å². The molecular formula is C13H15FN2O2. The number of fused-ring (bicyclic) bond motifs is 1. The summed E-state index contributed by atoms with van der Waals surface area (Å²) in [5.41, 5.74) is 2.12. The lowest BCUT2D eigenvalue weighted by Gasteiger charge is -2.17. The second-order valence-corrected chi connectivity index (χ2v) is 4.18. The van der Waals surface area contributed by atoms with Crippen LogP contribution in [0.4, 0.5) is 10.1 Å². The van der Waals surface area contributed by atoms with Gasteiger partial charge in [-0.25, -0.2) is 4.39 Å². The van der Waals surface area contributed by atoms with Crippen molar-refractivity contribution in [3.05, 3.63) is 35.8 Å². The zero-order chi connectivity index (χ0) is 13.1. The number of anilines is 1. The molecule has 0 radical (unpaired) electrons. The summed E-state index contributed by atoms with van der Waals surface area (Å²) in [6.45, 7) is 1.43. The largest absolute Gasteiger partial charge is 0.394 e. The number of hydrogen-bond donors (Lipinski definition) is 3. The highest BCUT2D eigenvalue weighted by Gasteiger charge is 2.10. The molecule has 0 saturated heterocycles. The Bertz CT molecular complexity index is 556. The summed E-state index contributed by atoms with van der Waals surface area (Å²) in [4.78, 5) is 4.30. The van der Waals surface area contributed by atoms with Crippen LogP contribution in [0.1, 0.15) is 5.69 Å². The topological polar surface area (TPSA) is 65.4 Å². The molecule has 0 atom stereocenters. The summed E-state index contributed by atoms with van der Waals surface area (Å²) in [5, 5.41) is 21.8. The van der Waals surface area contributed by atoms with Gasteiger partial charge >= 0.3 is 0 Å².